The van der Waals surface area contributed by atoms with E-state index in [1.165, 1.54) is 11.1 Å². The third-order valence-corrected chi connectivity index (χ3v) is 3.48. The first-order chi connectivity index (χ1) is 7.83. The molecule has 2 rings (SSSR count). The molecule has 88 valence electrons. The van der Waals surface area contributed by atoms with Gasteiger partial charge < -0.3 is 4.74 Å². The van der Waals surface area contributed by atoms with Crippen molar-refractivity contribution in [3.63, 3.8) is 0 Å². The minimum Gasteiger partial charge on any atom is -0.379 e. The zero-order valence-corrected chi connectivity index (χ0v) is 10.3. The number of hydrogen-bond acceptors (Lipinski definition) is 2. The van der Waals surface area contributed by atoms with Crippen molar-refractivity contribution in [1.29, 1.82) is 0 Å². The Morgan fingerprint density at radius 3 is 2.62 bits per heavy atom. The molecule has 0 saturated carbocycles. The average molecular weight is 219 g/mol. The van der Waals surface area contributed by atoms with Gasteiger partial charge in [0.1, 0.15) is 0 Å². The van der Waals surface area contributed by atoms with E-state index < -0.39 is 0 Å². The van der Waals surface area contributed by atoms with Crippen LogP contribution >= 0.6 is 0 Å². The Balaban J connectivity index is 2.15. The number of hydrogen-bond donors (Lipinski definition) is 0. The van der Waals surface area contributed by atoms with E-state index in [9.17, 15) is 0 Å². The van der Waals surface area contributed by atoms with Gasteiger partial charge in [0.05, 0.1) is 13.2 Å². The maximum atomic E-state index is 5.40. The number of morpholine rings is 1. The molecule has 16 heavy (non-hydrogen) atoms. The summed E-state index contributed by atoms with van der Waals surface area (Å²) >= 11 is 0. The van der Waals surface area contributed by atoms with Crippen LogP contribution in [0.1, 0.15) is 31.0 Å². The number of benzene rings is 1. The number of ether oxygens (including phenoxy) is 1. The fraction of sp³-hybridized carbons (Fsp3) is 0.571. The van der Waals surface area contributed by atoms with Crippen molar-refractivity contribution in [3.05, 3.63) is 35.4 Å². The second-order valence-corrected chi connectivity index (χ2v) is 4.38. The summed E-state index contributed by atoms with van der Waals surface area (Å²) in [5, 5.41) is 0. The Labute approximate surface area is 98.2 Å². The van der Waals surface area contributed by atoms with Gasteiger partial charge in [-0.25, -0.2) is 0 Å². The van der Waals surface area contributed by atoms with Gasteiger partial charge >= 0.3 is 0 Å². The van der Waals surface area contributed by atoms with Gasteiger partial charge in [0.25, 0.3) is 0 Å². The van der Waals surface area contributed by atoms with Crippen LogP contribution in [0.3, 0.4) is 0 Å². The Hall–Kier alpha value is -0.860. The highest BCUT2D eigenvalue weighted by Crippen LogP contribution is 2.24. The molecule has 1 aliphatic heterocycles. The molecule has 0 aliphatic carbocycles. The first kappa shape index (κ1) is 11.6. The Morgan fingerprint density at radius 1 is 1.25 bits per heavy atom. The Kier molecular flexibility index (Phi) is 3.97. The molecule has 1 unspecified atom stereocenters. The molecule has 0 spiro atoms. The summed E-state index contributed by atoms with van der Waals surface area (Å²) in [6.07, 6.45) is 1.12. The van der Waals surface area contributed by atoms with Crippen LogP contribution in [-0.4, -0.2) is 31.2 Å². The van der Waals surface area contributed by atoms with Crippen LogP contribution in [0.4, 0.5) is 0 Å². The van der Waals surface area contributed by atoms with Gasteiger partial charge in [-0.2, -0.15) is 0 Å². The molecule has 1 aliphatic rings. The standard InChI is InChI=1S/C14H21NO/c1-3-13-6-4-5-7-14(13)12(2)15-8-10-16-11-9-15/h4-7,12H,3,8-11H2,1-2H3. The topological polar surface area (TPSA) is 12.5 Å². The number of nitrogens with zero attached hydrogens (tertiary/aromatic N) is 1. The van der Waals surface area contributed by atoms with Gasteiger partial charge in [0, 0.05) is 19.1 Å². The van der Waals surface area contributed by atoms with E-state index in [-0.39, 0.29) is 0 Å². The summed E-state index contributed by atoms with van der Waals surface area (Å²) in [5.74, 6) is 0. The monoisotopic (exact) mass is 219 g/mol. The first-order valence-corrected chi connectivity index (χ1v) is 6.22. The van der Waals surface area contributed by atoms with Gasteiger partial charge in [-0.05, 0) is 24.5 Å². The van der Waals surface area contributed by atoms with Gasteiger partial charge in [-0.1, -0.05) is 31.2 Å². The molecule has 1 saturated heterocycles. The second kappa shape index (κ2) is 5.46. The molecule has 0 radical (unpaired) electrons. The van der Waals surface area contributed by atoms with Crippen LogP contribution in [-0.2, 0) is 11.2 Å². The largest absolute Gasteiger partial charge is 0.379 e. The third-order valence-electron chi connectivity index (χ3n) is 3.48. The van der Waals surface area contributed by atoms with Crippen molar-refractivity contribution in [2.75, 3.05) is 26.3 Å². The molecule has 2 heteroatoms. The molecule has 2 nitrogen and oxygen atoms in total. The van der Waals surface area contributed by atoms with E-state index in [1.54, 1.807) is 0 Å². The van der Waals surface area contributed by atoms with Crippen LogP contribution in [0.25, 0.3) is 0 Å². The molecule has 1 fully saturated rings. The zero-order chi connectivity index (χ0) is 11.4. The molecule has 1 aromatic rings. The molecule has 1 aromatic carbocycles. The van der Waals surface area contributed by atoms with Crippen molar-refractivity contribution in [1.82, 2.24) is 4.90 Å². The van der Waals surface area contributed by atoms with Crippen molar-refractivity contribution in [3.8, 4) is 0 Å². The molecule has 1 heterocycles. The Morgan fingerprint density at radius 2 is 1.94 bits per heavy atom. The van der Waals surface area contributed by atoms with Crippen LogP contribution in [0.2, 0.25) is 0 Å². The van der Waals surface area contributed by atoms with Crippen molar-refractivity contribution >= 4 is 0 Å². The Bertz CT molecular complexity index is 331. The fourth-order valence-corrected chi connectivity index (χ4v) is 2.43. The molecule has 0 amide bonds. The number of rotatable bonds is 3. The second-order valence-electron chi connectivity index (χ2n) is 4.38. The summed E-state index contributed by atoms with van der Waals surface area (Å²) in [5.41, 5.74) is 2.95. The summed E-state index contributed by atoms with van der Waals surface area (Å²) < 4.78 is 5.40. The quantitative estimate of drug-likeness (QED) is 0.775. The normalized spacial score (nSPS) is 19.6. The highest BCUT2D eigenvalue weighted by molar-refractivity contribution is 5.29. The lowest BCUT2D eigenvalue weighted by atomic mass is 9.98. The fourth-order valence-electron chi connectivity index (χ4n) is 2.43. The van der Waals surface area contributed by atoms with Crippen molar-refractivity contribution < 1.29 is 4.74 Å². The first-order valence-electron chi connectivity index (χ1n) is 6.22. The van der Waals surface area contributed by atoms with E-state index in [4.69, 9.17) is 4.74 Å². The number of aryl methyl sites for hydroxylation is 1. The molecule has 0 bridgehead atoms. The maximum Gasteiger partial charge on any atom is 0.0594 e. The summed E-state index contributed by atoms with van der Waals surface area (Å²) in [6.45, 7) is 8.39. The van der Waals surface area contributed by atoms with E-state index in [0.717, 1.165) is 32.7 Å². The van der Waals surface area contributed by atoms with Crippen LogP contribution in [0.5, 0.6) is 0 Å². The lowest BCUT2D eigenvalue weighted by molar-refractivity contribution is 0.0197. The highest BCUT2D eigenvalue weighted by Gasteiger charge is 2.19. The van der Waals surface area contributed by atoms with Gasteiger partial charge in [-0.3, -0.25) is 4.90 Å². The highest BCUT2D eigenvalue weighted by atomic mass is 16.5. The summed E-state index contributed by atoms with van der Waals surface area (Å²) in [6, 6.07) is 9.30. The molecular weight excluding hydrogens is 198 g/mol. The predicted molar refractivity (Wildman–Crippen MR) is 66.6 cm³/mol. The van der Waals surface area contributed by atoms with Crippen molar-refractivity contribution in [2.24, 2.45) is 0 Å². The average Bonchev–Trinajstić information content (AvgIpc) is 2.39. The molecule has 0 aromatic heterocycles. The zero-order valence-electron chi connectivity index (χ0n) is 10.3. The molecule has 1 atom stereocenters. The minimum absolute atomic E-state index is 0.514. The van der Waals surface area contributed by atoms with E-state index in [1.807, 2.05) is 0 Å². The minimum atomic E-state index is 0.514. The van der Waals surface area contributed by atoms with E-state index >= 15 is 0 Å². The van der Waals surface area contributed by atoms with Gasteiger partial charge in [0.2, 0.25) is 0 Å². The smallest absolute Gasteiger partial charge is 0.0594 e. The third kappa shape index (κ3) is 2.45. The van der Waals surface area contributed by atoms with Crippen molar-refractivity contribution in [2.45, 2.75) is 26.3 Å². The van der Waals surface area contributed by atoms with Gasteiger partial charge in [0.15, 0.2) is 0 Å². The molecule has 0 N–H and O–H groups in total. The summed E-state index contributed by atoms with van der Waals surface area (Å²) in [4.78, 5) is 2.51. The van der Waals surface area contributed by atoms with E-state index in [2.05, 4.69) is 43.0 Å². The lowest BCUT2D eigenvalue weighted by Crippen LogP contribution is -2.38. The van der Waals surface area contributed by atoms with Crippen LogP contribution in [0, 0.1) is 0 Å². The van der Waals surface area contributed by atoms with E-state index in [0.29, 0.717) is 6.04 Å². The SMILES string of the molecule is CCc1ccccc1C(C)N1CCOCC1. The maximum absolute atomic E-state index is 5.40. The van der Waals surface area contributed by atoms with Gasteiger partial charge in [-0.15, -0.1) is 0 Å². The van der Waals surface area contributed by atoms with Crippen LogP contribution in [0.15, 0.2) is 24.3 Å². The summed E-state index contributed by atoms with van der Waals surface area (Å²) in [7, 11) is 0. The lowest BCUT2D eigenvalue weighted by Gasteiger charge is -2.33. The van der Waals surface area contributed by atoms with Crippen LogP contribution < -0.4 is 0 Å². The molecular formula is C14H21NO. The predicted octanol–water partition coefficient (Wildman–Crippen LogP) is 2.64.